The third kappa shape index (κ3) is 4.53. The summed E-state index contributed by atoms with van der Waals surface area (Å²) in [4.78, 5) is 12.2. The van der Waals surface area contributed by atoms with Gasteiger partial charge in [-0.15, -0.1) is 0 Å². The minimum atomic E-state index is -4.34. The van der Waals surface area contributed by atoms with E-state index in [1.807, 2.05) is 6.92 Å². The molecule has 2 heterocycles. The average molecular weight is 371 g/mol. The summed E-state index contributed by atoms with van der Waals surface area (Å²) in [6, 6.07) is 5.35. The lowest BCUT2D eigenvalue weighted by Crippen LogP contribution is -2.01. The highest BCUT2D eigenvalue weighted by molar-refractivity contribution is 8.00. The maximum Gasteiger partial charge on any atom is 0.446 e. The molecular weight excluding hydrogens is 359 g/mol. The van der Waals surface area contributed by atoms with Gasteiger partial charge in [0.2, 0.25) is 5.88 Å². The zero-order valence-corrected chi connectivity index (χ0v) is 13.7. The van der Waals surface area contributed by atoms with Crippen molar-refractivity contribution in [3.05, 3.63) is 30.7 Å². The molecule has 0 unspecified atom stereocenters. The van der Waals surface area contributed by atoms with Crippen LogP contribution in [0.15, 0.2) is 40.0 Å². The van der Waals surface area contributed by atoms with E-state index in [0.717, 1.165) is 6.42 Å². The third-order valence-corrected chi connectivity index (χ3v) is 3.59. The van der Waals surface area contributed by atoms with E-state index in [0.29, 0.717) is 12.1 Å². The molecule has 132 valence electrons. The Morgan fingerprint density at radius 1 is 1.16 bits per heavy atom. The summed E-state index contributed by atoms with van der Waals surface area (Å²) in [6.07, 6.45) is 1.99. The van der Waals surface area contributed by atoms with Crippen molar-refractivity contribution in [1.29, 1.82) is 0 Å². The van der Waals surface area contributed by atoms with Crippen LogP contribution in [0.5, 0.6) is 17.6 Å². The van der Waals surface area contributed by atoms with E-state index >= 15 is 0 Å². The fourth-order valence-electron chi connectivity index (χ4n) is 1.88. The molecular formula is C15H12F3N3O3S. The Balaban J connectivity index is 1.80. The Hall–Kier alpha value is -2.49. The molecule has 25 heavy (non-hydrogen) atoms. The highest BCUT2D eigenvalue weighted by Gasteiger charge is 2.29. The number of nitrogens with zero attached hydrogens (tertiary/aromatic N) is 3. The summed E-state index contributed by atoms with van der Waals surface area (Å²) in [5.74, 6) is 0.506. The normalized spacial score (nSPS) is 11.7. The van der Waals surface area contributed by atoms with Gasteiger partial charge in [0.25, 0.3) is 5.71 Å². The maximum atomic E-state index is 12.3. The minimum absolute atomic E-state index is 0.0495. The predicted octanol–water partition coefficient (Wildman–Crippen LogP) is 4.81. The first-order valence-electron chi connectivity index (χ1n) is 7.22. The van der Waals surface area contributed by atoms with Crippen molar-refractivity contribution >= 4 is 23.0 Å². The standard InChI is InChI=1S/C15H12F3N3O3S/c1-2-7-22-12-11-13(23-8-19-11)21-14(20-12)24-9-3-5-10(6-4-9)25-15(16,17)18/h3-6,8H,2,7H2,1H3. The fourth-order valence-corrected chi connectivity index (χ4v) is 2.42. The summed E-state index contributed by atoms with van der Waals surface area (Å²) < 4.78 is 53.1. The van der Waals surface area contributed by atoms with E-state index < -0.39 is 5.51 Å². The Kier molecular flexibility index (Phi) is 4.98. The van der Waals surface area contributed by atoms with Gasteiger partial charge in [-0.2, -0.15) is 23.1 Å². The number of rotatable bonds is 6. The van der Waals surface area contributed by atoms with E-state index in [1.54, 1.807) is 0 Å². The van der Waals surface area contributed by atoms with Gasteiger partial charge in [0.1, 0.15) is 5.75 Å². The fraction of sp³-hybridized carbons (Fsp3) is 0.267. The first-order chi connectivity index (χ1) is 11.9. The lowest BCUT2D eigenvalue weighted by molar-refractivity contribution is -0.0328. The predicted molar refractivity (Wildman–Crippen MR) is 83.8 cm³/mol. The van der Waals surface area contributed by atoms with Gasteiger partial charge < -0.3 is 13.9 Å². The van der Waals surface area contributed by atoms with Crippen LogP contribution in [0.25, 0.3) is 11.2 Å². The largest absolute Gasteiger partial charge is 0.476 e. The van der Waals surface area contributed by atoms with Crippen molar-refractivity contribution in [2.24, 2.45) is 0 Å². The van der Waals surface area contributed by atoms with Crippen LogP contribution in [0.4, 0.5) is 13.2 Å². The minimum Gasteiger partial charge on any atom is -0.476 e. The third-order valence-electron chi connectivity index (χ3n) is 2.86. The number of ether oxygens (including phenoxy) is 2. The van der Waals surface area contributed by atoms with Crippen molar-refractivity contribution in [3.63, 3.8) is 0 Å². The number of benzene rings is 1. The van der Waals surface area contributed by atoms with Gasteiger partial charge in [0.05, 0.1) is 6.61 Å². The molecule has 0 radical (unpaired) electrons. The molecule has 10 heteroatoms. The first kappa shape index (κ1) is 17.3. The molecule has 3 aromatic rings. The first-order valence-corrected chi connectivity index (χ1v) is 8.04. The van der Waals surface area contributed by atoms with Gasteiger partial charge in [0, 0.05) is 4.90 Å². The summed E-state index contributed by atoms with van der Waals surface area (Å²) in [5.41, 5.74) is -3.77. The monoisotopic (exact) mass is 371 g/mol. The second-order valence-electron chi connectivity index (χ2n) is 4.79. The van der Waals surface area contributed by atoms with Gasteiger partial charge >= 0.3 is 11.5 Å². The van der Waals surface area contributed by atoms with Crippen molar-refractivity contribution in [3.8, 4) is 17.6 Å². The molecule has 0 saturated heterocycles. The Bertz CT molecular complexity index is 853. The van der Waals surface area contributed by atoms with Crippen LogP contribution in [-0.2, 0) is 0 Å². The van der Waals surface area contributed by atoms with Crippen LogP contribution in [-0.4, -0.2) is 27.1 Å². The molecule has 1 aromatic carbocycles. The molecule has 2 aromatic heterocycles. The molecule has 0 N–H and O–H groups in total. The zero-order valence-electron chi connectivity index (χ0n) is 12.9. The van der Waals surface area contributed by atoms with Crippen LogP contribution in [0.2, 0.25) is 0 Å². The topological polar surface area (TPSA) is 70.3 Å². The molecule has 0 amide bonds. The highest BCUT2D eigenvalue weighted by atomic mass is 32.2. The summed E-state index contributed by atoms with van der Waals surface area (Å²) in [7, 11) is 0. The number of oxazole rings is 1. The van der Waals surface area contributed by atoms with Gasteiger partial charge in [0.15, 0.2) is 11.9 Å². The van der Waals surface area contributed by atoms with Crippen LogP contribution < -0.4 is 9.47 Å². The van der Waals surface area contributed by atoms with Crippen LogP contribution in [0.3, 0.4) is 0 Å². The quantitative estimate of drug-likeness (QED) is 0.576. The molecule has 0 spiro atoms. The smallest absolute Gasteiger partial charge is 0.446 e. The van der Waals surface area contributed by atoms with E-state index in [9.17, 15) is 13.2 Å². The van der Waals surface area contributed by atoms with Crippen molar-refractivity contribution in [2.45, 2.75) is 23.7 Å². The molecule has 0 bridgehead atoms. The molecule has 3 rings (SSSR count). The number of thioether (sulfide) groups is 1. The lowest BCUT2D eigenvalue weighted by Gasteiger charge is -2.08. The average Bonchev–Trinajstić information content (AvgIpc) is 3.01. The van der Waals surface area contributed by atoms with Gasteiger partial charge in [-0.05, 0) is 42.4 Å². The molecule has 0 aliphatic rings. The lowest BCUT2D eigenvalue weighted by atomic mass is 10.3. The number of alkyl halides is 3. The second-order valence-corrected chi connectivity index (χ2v) is 5.93. The Morgan fingerprint density at radius 2 is 1.92 bits per heavy atom. The van der Waals surface area contributed by atoms with Crippen LogP contribution >= 0.6 is 11.8 Å². The zero-order chi connectivity index (χ0) is 17.9. The number of hydrogen-bond donors (Lipinski definition) is 0. The van der Waals surface area contributed by atoms with Gasteiger partial charge in [-0.1, -0.05) is 6.92 Å². The van der Waals surface area contributed by atoms with Crippen LogP contribution in [0, 0.1) is 0 Å². The van der Waals surface area contributed by atoms with Crippen molar-refractivity contribution < 1.29 is 27.1 Å². The SMILES string of the molecule is CCCOc1nc(Oc2ccc(SC(F)(F)F)cc2)nc2ocnc12. The van der Waals surface area contributed by atoms with E-state index in [2.05, 4.69) is 15.0 Å². The maximum absolute atomic E-state index is 12.3. The molecule has 0 atom stereocenters. The van der Waals surface area contributed by atoms with Crippen LogP contribution in [0.1, 0.15) is 13.3 Å². The van der Waals surface area contributed by atoms with Crippen molar-refractivity contribution in [1.82, 2.24) is 15.0 Å². The number of aromatic nitrogens is 3. The van der Waals surface area contributed by atoms with Crippen molar-refractivity contribution in [2.75, 3.05) is 6.61 Å². The molecule has 6 nitrogen and oxygen atoms in total. The molecule has 0 aliphatic heterocycles. The number of halogens is 3. The van der Waals surface area contributed by atoms with E-state index in [-0.39, 0.29) is 40.0 Å². The summed E-state index contributed by atoms with van der Waals surface area (Å²) in [5, 5.41) is 0. The van der Waals surface area contributed by atoms with Gasteiger partial charge in [-0.25, -0.2) is 4.98 Å². The molecule has 0 fully saturated rings. The second kappa shape index (κ2) is 7.18. The number of fused-ring (bicyclic) bond motifs is 1. The Morgan fingerprint density at radius 3 is 2.60 bits per heavy atom. The highest BCUT2D eigenvalue weighted by Crippen LogP contribution is 2.37. The van der Waals surface area contributed by atoms with E-state index in [1.165, 1.54) is 30.7 Å². The molecule has 0 saturated carbocycles. The van der Waals surface area contributed by atoms with E-state index in [4.69, 9.17) is 13.9 Å². The summed E-state index contributed by atoms with van der Waals surface area (Å²) in [6.45, 7) is 2.38. The van der Waals surface area contributed by atoms with Gasteiger partial charge in [-0.3, -0.25) is 0 Å². The Labute approximate surface area is 144 Å². The summed E-state index contributed by atoms with van der Waals surface area (Å²) >= 11 is -0.200. The number of hydrogen-bond acceptors (Lipinski definition) is 7. The molecule has 0 aliphatic carbocycles.